The van der Waals surface area contributed by atoms with E-state index in [-0.39, 0.29) is 23.6 Å². The lowest BCUT2D eigenvalue weighted by Gasteiger charge is -2.24. The second-order valence-electron chi connectivity index (χ2n) is 7.39. The number of likely N-dealkylation sites (tertiary alicyclic amines) is 1. The molecule has 10 heteroatoms. The van der Waals surface area contributed by atoms with Crippen molar-refractivity contribution in [3.8, 4) is 11.3 Å². The molecule has 1 aliphatic rings. The lowest BCUT2D eigenvalue weighted by atomic mass is 10.1. The zero-order valence-corrected chi connectivity index (χ0v) is 17.3. The first-order valence-corrected chi connectivity index (χ1v) is 10.2. The molecule has 0 saturated carbocycles. The molecule has 1 atom stereocenters. The Labute approximate surface area is 179 Å². The molecule has 3 aromatic rings. The quantitative estimate of drug-likeness (QED) is 0.528. The van der Waals surface area contributed by atoms with E-state index in [1.54, 1.807) is 24.2 Å². The van der Waals surface area contributed by atoms with Crippen molar-refractivity contribution in [2.45, 2.75) is 25.4 Å². The number of nitrogens with zero attached hydrogens (tertiary/aromatic N) is 5. The summed E-state index contributed by atoms with van der Waals surface area (Å²) in [6, 6.07) is 9.65. The van der Waals surface area contributed by atoms with Crippen LogP contribution in [0.25, 0.3) is 11.3 Å². The first-order chi connectivity index (χ1) is 15.2. The number of carbonyl (C=O) groups is 2. The molecule has 0 radical (unpaired) electrons. The summed E-state index contributed by atoms with van der Waals surface area (Å²) in [7, 11) is 1.57. The van der Waals surface area contributed by atoms with E-state index in [4.69, 9.17) is 4.74 Å². The minimum atomic E-state index is -0.298. The summed E-state index contributed by atoms with van der Waals surface area (Å²) in [6.45, 7) is 1.98. The van der Waals surface area contributed by atoms with E-state index in [0.29, 0.717) is 37.5 Å². The van der Waals surface area contributed by atoms with Gasteiger partial charge in [-0.2, -0.15) is 5.10 Å². The van der Waals surface area contributed by atoms with E-state index in [0.717, 1.165) is 18.4 Å². The van der Waals surface area contributed by atoms with Gasteiger partial charge in [-0.05, 0) is 12.8 Å². The molecule has 0 aliphatic carbocycles. The fourth-order valence-electron chi connectivity index (χ4n) is 3.79. The van der Waals surface area contributed by atoms with E-state index < -0.39 is 0 Å². The minimum Gasteiger partial charge on any atom is -0.383 e. The van der Waals surface area contributed by atoms with Gasteiger partial charge in [-0.15, -0.1) is 5.10 Å². The molecule has 2 amide bonds. The monoisotopic (exact) mass is 423 g/mol. The predicted octanol–water partition coefficient (Wildman–Crippen LogP) is 1.35. The van der Waals surface area contributed by atoms with Gasteiger partial charge >= 0.3 is 0 Å². The Balaban J connectivity index is 1.44. The predicted molar refractivity (Wildman–Crippen MR) is 112 cm³/mol. The van der Waals surface area contributed by atoms with Crippen LogP contribution in [0.2, 0.25) is 0 Å². The van der Waals surface area contributed by atoms with Crippen molar-refractivity contribution in [2.75, 3.05) is 26.8 Å². The minimum absolute atomic E-state index is 0.0304. The molecule has 2 N–H and O–H groups in total. The maximum atomic E-state index is 13.3. The molecule has 1 aromatic carbocycles. The van der Waals surface area contributed by atoms with Crippen LogP contribution in [0.3, 0.4) is 0 Å². The smallest absolute Gasteiger partial charge is 0.273 e. The Bertz CT molecular complexity index is 1030. The average molecular weight is 423 g/mol. The van der Waals surface area contributed by atoms with Gasteiger partial charge in [0.25, 0.3) is 11.8 Å². The van der Waals surface area contributed by atoms with Crippen molar-refractivity contribution < 1.29 is 14.3 Å². The molecule has 10 nitrogen and oxygen atoms in total. The van der Waals surface area contributed by atoms with Crippen molar-refractivity contribution in [3.05, 3.63) is 54.0 Å². The Morgan fingerprint density at radius 2 is 2.13 bits per heavy atom. The van der Waals surface area contributed by atoms with Crippen LogP contribution in [0.4, 0.5) is 0 Å². The molecule has 1 fully saturated rings. The number of aromatic amines is 1. The molecular weight excluding hydrogens is 398 g/mol. The maximum absolute atomic E-state index is 13.3. The van der Waals surface area contributed by atoms with E-state index in [9.17, 15) is 9.59 Å². The van der Waals surface area contributed by atoms with E-state index in [1.165, 1.54) is 0 Å². The summed E-state index contributed by atoms with van der Waals surface area (Å²) in [4.78, 5) is 27.3. The van der Waals surface area contributed by atoms with E-state index in [2.05, 4.69) is 25.8 Å². The Morgan fingerprint density at radius 1 is 1.29 bits per heavy atom. The van der Waals surface area contributed by atoms with Gasteiger partial charge < -0.3 is 15.0 Å². The third-order valence-electron chi connectivity index (χ3n) is 5.33. The summed E-state index contributed by atoms with van der Waals surface area (Å²) < 4.78 is 6.54. The molecule has 1 aliphatic heterocycles. The van der Waals surface area contributed by atoms with Crippen LogP contribution in [0.1, 0.15) is 33.7 Å². The number of nitrogens with one attached hydrogen (secondary N) is 2. The van der Waals surface area contributed by atoms with Crippen molar-refractivity contribution in [3.63, 3.8) is 0 Å². The van der Waals surface area contributed by atoms with E-state index >= 15 is 0 Å². The van der Waals surface area contributed by atoms with Gasteiger partial charge in [0.05, 0.1) is 42.8 Å². The zero-order chi connectivity index (χ0) is 21.6. The highest BCUT2D eigenvalue weighted by atomic mass is 16.5. The second-order valence-corrected chi connectivity index (χ2v) is 7.39. The van der Waals surface area contributed by atoms with Crippen molar-refractivity contribution in [2.24, 2.45) is 0 Å². The number of amides is 2. The topological polar surface area (TPSA) is 118 Å². The highest BCUT2D eigenvalue weighted by Gasteiger charge is 2.32. The Morgan fingerprint density at radius 3 is 2.94 bits per heavy atom. The lowest BCUT2D eigenvalue weighted by molar-refractivity contribution is 0.0721. The molecule has 0 spiro atoms. The molecule has 4 rings (SSSR count). The highest BCUT2D eigenvalue weighted by molar-refractivity contribution is 6.00. The molecule has 0 bridgehead atoms. The van der Waals surface area contributed by atoms with Crippen LogP contribution in [-0.2, 0) is 11.3 Å². The summed E-state index contributed by atoms with van der Waals surface area (Å²) in [6.07, 6.45) is 4.96. The fourth-order valence-corrected chi connectivity index (χ4v) is 3.79. The van der Waals surface area contributed by atoms with Crippen LogP contribution in [-0.4, -0.2) is 74.8 Å². The van der Waals surface area contributed by atoms with Gasteiger partial charge in [-0.25, -0.2) is 4.68 Å². The van der Waals surface area contributed by atoms with E-state index in [1.807, 2.05) is 35.2 Å². The maximum Gasteiger partial charge on any atom is 0.273 e. The number of benzene rings is 1. The van der Waals surface area contributed by atoms with Gasteiger partial charge in [-0.1, -0.05) is 35.5 Å². The lowest BCUT2D eigenvalue weighted by Crippen LogP contribution is -2.38. The number of rotatable bonds is 8. The van der Waals surface area contributed by atoms with Crippen molar-refractivity contribution in [1.29, 1.82) is 0 Å². The summed E-state index contributed by atoms with van der Waals surface area (Å²) in [5.74, 6) is -0.360. The first-order valence-electron chi connectivity index (χ1n) is 10.2. The average Bonchev–Trinajstić information content (AvgIpc) is 3.55. The van der Waals surface area contributed by atoms with Crippen molar-refractivity contribution in [1.82, 2.24) is 35.4 Å². The summed E-state index contributed by atoms with van der Waals surface area (Å²) in [5.41, 5.74) is 2.43. The van der Waals surface area contributed by atoms with Gasteiger partial charge in [0.15, 0.2) is 5.69 Å². The third-order valence-corrected chi connectivity index (χ3v) is 5.33. The number of ether oxygens (including phenoxy) is 1. The number of H-pyrrole nitrogens is 1. The van der Waals surface area contributed by atoms with Gasteiger partial charge in [0, 0.05) is 25.8 Å². The third kappa shape index (κ3) is 4.64. The molecule has 2 aromatic heterocycles. The first kappa shape index (κ1) is 20.7. The second kappa shape index (κ2) is 9.52. The SMILES string of the molecule is COCCNC(=O)c1cn(CC2CCCN2C(=O)c2cn[nH]c2-c2ccccc2)nn1. The van der Waals surface area contributed by atoms with Gasteiger partial charge in [0.2, 0.25) is 0 Å². The zero-order valence-electron chi connectivity index (χ0n) is 17.3. The van der Waals surface area contributed by atoms with Crippen LogP contribution in [0.15, 0.2) is 42.7 Å². The van der Waals surface area contributed by atoms with Crippen LogP contribution in [0, 0.1) is 0 Å². The fraction of sp³-hybridized carbons (Fsp3) is 0.381. The molecule has 1 unspecified atom stereocenters. The van der Waals surface area contributed by atoms with Crippen LogP contribution < -0.4 is 5.32 Å². The Hall–Kier alpha value is -3.53. The number of hydrogen-bond donors (Lipinski definition) is 2. The number of hydrogen-bond acceptors (Lipinski definition) is 6. The molecule has 3 heterocycles. The summed E-state index contributed by atoms with van der Waals surface area (Å²) >= 11 is 0. The highest BCUT2D eigenvalue weighted by Crippen LogP contribution is 2.26. The largest absolute Gasteiger partial charge is 0.383 e. The van der Waals surface area contributed by atoms with Crippen LogP contribution >= 0.6 is 0 Å². The Kier molecular flexibility index (Phi) is 6.37. The van der Waals surface area contributed by atoms with Crippen molar-refractivity contribution >= 4 is 11.8 Å². The standard InChI is InChI=1S/C21H25N7O3/c1-31-11-9-22-20(29)18-14-27(26-24-18)13-16-8-5-10-28(16)21(30)17-12-23-25-19(17)15-6-3-2-4-7-15/h2-4,6-7,12,14,16H,5,8-11,13H2,1H3,(H,22,29)(H,23,25). The molecule has 162 valence electrons. The van der Waals surface area contributed by atoms with Gasteiger partial charge in [0.1, 0.15) is 0 Å². The summed E-state index contributed by atoms with van der Waals surface area (Å²) in [5, 5.41) is 17.8. The molecule has 1 saturated heterocycles. The normalized spacial score (nSPS) is 15.9. The molecular formula is C21H25N7O3. The number of aromatic nitrogens is 5. The van der Waals surface area contributed by atoms with Gasteiger partial charge in [-0.3, -0.25) is 14.7 Å². The molecule has 31 heavy (non-hydrogen) atoms. The van der Waals surface area contributed by atoms with Crippen LogP contribution in [0.5, 0.6) is 0 Å². The number of methoxy groups -OCH3 is 1. The number of carbonyl (C=O) groups excluding carboxylic acids is 2.